The SMILES string of the molecule is Cc1cc(Sc2nc(C)c(C)c(C)n2)c(N)cc1F. The molecular weight excluding hydrogens is 261 g/mol. The molecule has 0 saturated carbocycles. The number of rotatable bonds is 2. The van der Waals surface area contributed by atoms with Gasteiger partial charge in [0.2, 0.25) is 0 Å². The maximum Gasteiger partial charge on any atom is 0.192 e. The zero-order valence-electron chi connectivity index (χ0n) is 11.4. The van der Waals surface area contributed by atoms with Gasteiger partial charge in [-0.05, 0) is 62.7 Å². The third kappa shape index (κ3) is 2.87. The first kappa shape index (κ1) is 13.8. The van der Waals surface area contributed by atoms with Gasteiger partial charge in [-0.1, -0.05) is 0 Å². The smallest absolute Gasteiger partial charge is 0.192 e. The van der Waals surface area contributed by atoms with Crippen LogP contribution in [0.5, 0.6) is 0 Å². The summed E-state index contributed by atoms with van der Waals surface area (Å²) in [5.74, 6) is -0.293. The standard InChI is InChI=1S/C14H16FN3S/c1-7-5-13(12(16)6-11(7)15)19-14-17-9(3)8(2)10(4)18-14/h5-6H,16H2,1-4H3. The highest BCUT2D eigenvalue weighted by Gasteiger charge is 2.10. The van der Waals surface area contributed by atoms with Crippen LogP contribution in [-0.4, -0.2) is 9.97 Å². The fraction of sp³-hybridized carbons (Fsp3) is 0.286. The summed E-state index contributed by atoms with van der Waals surface area (Å²) in [6.45, 7) is 7.61. The van der Waals surface area contributed by atoms with Crippen molar-refractivity contribution in [1.82, 2.24) is 9.97 Å². The maximum absolute atomic E-state index is 13.4. The Labute approximate surface area is 116 Å². The number of nitrogens with two attached hydrogens (primary N) is 1. The zero-order valence-corrected chi connectivity index (χ0v) is 12.2. The lowest BCUT2D eigenvalue weighted by Gasteiger charge is -2.09. The predicted octanol–water partition coefficient (Wildman–Crippen LogP) is 3.58. The van der Waals surface area contributed by atoms with Crippen molar-refractivity contribution >= 4 is 17.4 Å². The number of anilines is 1. The van der Waals surface area contributed by atoms with Crippen LogP contribution in [0, 0.1) is 33.5 Å². The summed E-state index contributed by atoms with van der Waals surface area (Å²) in [6, 6.07) is 3.06. The van der Waals surface area contributed by atoms with E-state index in [1.807, 2.05) is 20.8 Å². The summed E-state index contributed by atoms with van der Waals surface area (Å²) in [5.41, 5.74) is 9.80. The lowest BCUT2D eigenvalue weighted by molar-refractivity contribution is 0.618. The average Bonchev–Trinajstić information content (AvgIpc) is 2.33. The number of nitrogen functional groups attached to an aromatic ring is 1. The van der Waals surface area contributed by atoms with Crippen molar-refractivity contribution in [3.63, 3.8) is 0 Å². The van der Waals surface area contributed by atoms with Gasteiger partial charge in [-0.25, -0.2) is 14.4 Å². The van der Waals surface area contributed by atoms with E-state index in [-0.39, 0.29) is 5.82 Å². The monoisotopic (exact) mass is 277 g/mol. The van der Waals surface area contributed by atoms with E-state index in [1.54, 1.807) is 13.0 Å². The molecule has 2 aromatic rings. The van der Waals surface area contributed by atoms with Gasteiger partial charge in [0, 0.05) is 22.0 Å². The summed E-state index contributed by atoms with van der Waals surface area (Å²) >= 11 is 1.36. The van der Waals surface area contributed by atoms with E-state index in [9.17, 15) is 4.39 Å². The number of halogens is 1. The van der Waals surface area contributed by atoms with Crippen molar-refractivity contribution < 1.29 is 4.39 Å². The van der Waals surface area contributed by atoms with Crippen molar-refractivity contribution in [1.29, 1.82) is 0 Å². The van der Waals surface area contributed by atoms with Gasteiger partial charge in [-0.2, -0.15) is 0 Å². The van der Waals surface area contributed by atoms with E-state index in [1.165, 1.54) is 17.8 Å². The lowest BCUT2D eigenvalue weighted by Crippen LogP contribution is -1.99. The normalized spacial score (nSPS) is 10.8. The largest absolute Gasteiger partial charge is 0.398 e. The third-order valence-corrected chi connectivity index (χ3v) is 4.04. The van der Waals surface area contributed by atoms with Crippen LogP contribution in [0.3, 0.4) is 0 Å². The van der Waals surface area contributed by atoms with Crippen LogP contribution in [0.15, 0.2) is 22.2 Å². The molecule has 0 fully saturated rings. The minimum atomic E-state index is -0.293. The first-order valence-electron chi connectivity index (χ1n) is 5.94. The molecule has 1 aromatic heterocycles. The molecular formula is C14H16FN3S. The van der Waals surface area contributed by atoms with Gasteiger partial charge < -0.3 is 5.73 Å². The number of nitrogens with zero attached hydrogens (tertiary/aromatic N) is 2. The number of aryl methyl sites for hydroxylation is 3. The van der Waals surface area contributed by atoms with Crippen molar-refractivity contribution in [3.8, 4) is 0 Å². The first-order chi connectivity index (χ1) is 8.88. The van der Waals surface area contributed by atoms with Crippen molar-refractivity contribution in [2.24, 2.45) is 0 Å². The Morgan fingerprint density at radius 2 is 1.63 bits per heavy atom. The quantitative estimate of drug-likeness (QED) is 0.673. The average molecular weight is 277 g/mol. The summed E-state index contributed by atoms with van der Waals surface area (Å²) < 4.78 is 13.4. The Morgan fingerprint density at radius 1 is 1.05 bits per heavy atom. The number of hydrogen-bond donors (Lipinski definition) is 1. The van der Waals surface area contributed by atoms with Crippen LogP contribution >= 0.6 is 11.8 Å². The van der Waals surface area contributed by atoms with Crippen LogP contribution < -0.4 is 5.73 Å². The second kappa shape index (κ2) is 5.17. The van der Waals surface area contributed by atoms with Gasteiger partial charge >= 0.3 is 0 Å². The molecule has 0 atom stereocenters. The predicted molar refractivity (Wildman–Crippen MR) is 75.9 cm³/mol. The van der Waals surface area contributed by atoms with Crippen LogP contribution in [-0.2, 0) is 0 Å². The third-order valence-electron chi connectivity index (χ3n) is 3.10. The molecule has 0 unspecified atom stereocenters. The molecule has 2 N–H and O–H groups in total. The van der Waals surface area contributed by atoms with Gasteiger partial charge in [-0.15, -0.1) is 0 Å². The summed E-state index contributed by atoms with van der Waals surface area (Å²) in [6.07, 6.45) is 0. The zero-order chi connectivity index (χ0) is 14.2. The topological polar surface area (TPSA) is 51.8 Å². The molecule has 0 aliphatic heterocycles. The molecule has 0 aliphatic carbocycles. The lowest BCUT2D eigenvalue weighted by atomic mass is 10.2. The Bertz CT molecular complexity index is 618. The minimum Gasteiger partial charge on any atom is -0.398 e. The van der Waals surface area contributed by atoms with Gasteiger partial charge in [0.15, 0.2) is 5.16 Å². The molecule has 19 heavy (non-hydrogen) atoms. The molecule has 3 nitrogen and oxygen atoms in total. The molecule has 0 aliphatic rings. The van der Waals surface area contributed by atoms with Gasteiger partial charge in [-0.3, -0.25) is 0 Å². The first-order valence-corrected chi connectivity index (χ1v) is 6.75. The van der Waals surface area contributed by atoms with E-state index >= 15 is 0 Å². The molecule has 1 heterocycles. The van der Waals surface area contributed by atoms with Crippen LogP contribution in [0.2, 0.25) is 0 Å². The second-order valence-corrected chi connectivity index (χ2v) is 5.55. The highest BCUT2D eigenvalue weighted by molar-refractivity contribution is 7.99. The van der Waals surface area contributed by atoms with Gasteiger partial charge in [0.05, 0.1) is 0 Å². The number of benzene rings is 1. The van der Waals surface area contributed by atoms with Crippen molar-refractivity contribution in [2.75, 3.05) is 5.73 Å². The van der Waals surface area contributed by atoms with Gasteiger partial charge in [0.25, 0.3) is 0 Å². The second-order valence-electron chi connectivity index (χ2n) is 4.54. The highest BCUT2D eigenvalue weighted by atomic mass is 32.2. The fourth-order valence-electron chi connectivity index (χ4n) is 1.64. The molecule has 0 spiro atoms. The Morgan fingerprint density at radius 3 is 2.21 bits per heavy atom. The maximum atomic E-state index is 13.4. The molecule has 100 valence electrons. The van der Waals surface area contributed by atoms with Crippen LogP contribution in [0.1, 0.15) is 22.5 Å². The summed E-state index contributed by atoms with van der Waals surface area (Å²) in [5, 5.41) is 0.637. The van der Waals surface area contributed by atoms with E-state index < -0.39 is 0 Å². The molecule has 0 bridgehead atoms. The highest BCUT2D eigenvalue weighted by Crippen LogP contribution is 2.32. The van der Waals surface area contributed by atoms with Crippen molar-refractivity contribution in [2.45, 2.75) is 37.7 Å². The van der Waals surface area contributed by atoms with E-state index in [4.69, 9.17) is 5.73 Å². The molecule has 0 saturated heterocycles. The van der Waals surface area contributed by atoms with Crippen LogP contribution in [0.4, 0.5) is 10.1 Å². The van der Waals surface area contributed by atoms with E-state index in [0.717, 1.165) is 21.8 Å². The summed E-state index contributed by atoms with van der Waals surface area (Å²) in [4.78, 5) is 9.63. The number of hydrogen-bond acceptors (Lipinski definition) is 4. The summed E-state index contributed by atoms with van der Waals surface area (Å²) in [7, 11) is 0. The minimum absolute atomic E-state index is 0.293. The van der Waals surface area contributed by atoms with Gasteiger partial charge in [0.1, 0.15) is 5.82 Å². The van der Waals surface area contributed by atoms with Crippen LogP contribution in [0.25, 0.3) is 0 Å². The molecule has 0 amide bonds. The fourth-order valence-corrected chi connectivity index (χ4v) is 2.62. The molecule has 0 radical (unpaired) electrons. The Hall–Kier alpha value is -1.62. The number of aromatic nitrogens is 2. The Balaban J connectivity index is 2.39. The molecule has 5 heteroatoms. The molecule has 1 aromatic carbocycles. The molecule has 2 rings (SSSR count). The Kier molecular flexibility index (Phi) is 3.75. The van der Waals surface area contributed by atoms with Crippen molar-refractivity contribution in [3.05, 3.63) is 40.5 Å². The van der Waals surface area contributed by atoms with E-state index in [2.05, 4.69) is 9.97 Å². The van der Waals surface area contributed by atoms with E-state index in [0.29, 0.717) is 16.4 Å².